The zero-order valence-corrected chi connectivity index (χ0v) is 19.5. The molecule has 1 unspecified atom stereocenters. The molecule has 1 aliphatic rings. The summed E-state index contributed by atoms with van der Waals surface area (Å²) in [5.41, 5.74) is 4.37. The Hall–Kier alpha value is -4.14. The minimum atomic E-state index is -0.975. The van der Waals surface area contributed by atoms with Crippen LogP contribution >= 0.6 is 0 Å². The highest BCUT2D eigenvalue weighted by Gasteiger charge is 2.29. The zero-order valence-electron chi connectivity index (χ0n) is 19.5. The number of rotatable bonds is 9. The molecule has 1 atom stereocenters. The molecule has 1 aromatic heterocycles. The standard InChI is InChI=1S/C26H27N3O6/c1-15(2)11-16(25(31)32)13-27-24(30)22-12-23(35-29-22)28-26(33)34-14-21-19-9-5-3-7-17(19)18-8-4-6-10-20(18)21/h3-10,12,15-16,21H,11,13-14H2,1-2H3,(H,27,30)(H,28,33)(H,31,32). The maximum Gasteiger partial charge on any atom is 0.414 e. The maximum absolute atomic E-state index is 12.4. The van der Waals surface area contributed by atoms with Crippen molar-refractivity contribution in [2.24, 2.45) is 11.8 Å². The van der Waals surface area contributed by atoms with Gasteiger partial charge in [-0.2, -0.15) is 0 Å². The van der Waals surface area contributed by atoms with Gasteiger partial charge in [-0.3, -0.25) is 14.9 Å². The Morgan fingerprint density at radius 2 is 1.69 bits per heavy atom. The second-order valence-electron chi connectivity index (χ2n) is 8.90. The van der Waals surface area contributed by atoms with E-state index in [1.807, 2.05) is 50.2 Å². The fourth-order valence-corrected chi connectivity index (χ4v) is 4.32. The number of hydrogen-bond acceptors (Lipinski definition) is 6. The second kappa shape index (κ2) is 10.4. The Morgan fingerprint density at radius 3 is 2.29 bits per heavy atom. The number of hydrogen-bond donors (Lipinski definition) is 3. The monoisotopic (exact) mass is 477 g/mol. The molecule has 0 saturated heterocycles. The van der Waals surface area contributed by atoms with E-state index in [1.54, 1.807) is 0 Å². The molecule has 0 fully saturated rings. The van der Waals surface area contributed by atoms with Gasteiger partial charge < -0.3 is 19.7 Å². The third kappa shape index (κ3) is 5.51. The molecule has 9 heteroatoms. The van der Waals surface area contributed by atoms with Crippen LogP contribution in [0.1, 0.15) is 47.8 Å². The minimum Gasteiger partial charge on any atom is -0.481 e. The fraction of sp³-hybridized carbons (Fsp3) is 0.308. The van der Waals surface area contributed by atoms with Crippen molar-refractivity contribution in [3.63, 3.8) is 0 Å². The van der Waals surface area contributed by atoms with Crippen molar-refractivity contribution in [3.05, 3.63) is 71.4 Å². The average Bonchev–Trinajstić information content (AvgIpc) is 3.42. The summed E-state index contributed by atoms with van der Waals surface area (Å²) in [6, 6.07) is 17.3. The Morgan fingerprint density at radius 1 is 1.06 bits per heavy atom. The zero-order chi connectivity index (χ0) is 24.9. The molecule has 35 heavy (non-hydrogen) atoms. The van der Waals surface area contributed by atoms with Crippen molar-refractivity contribution in [1.82, 2.24) is 10.5 Å². The molecule has 2 aromatic carbocycles. The quantitative estimate of drug-likeness (QED) is 0.413. The summed E-state index contributed by atoms with van der Waals surface area (Å²) in [4.78, 5) is 36.1. The summed E-state index contributed by atoms with van der Waals surface area (Å²) in [5, 5.41) is 17.9. The highest BCUT2D eigenvalue weighted by Crippen LogP contribution is 2.44. The van der Waals surface area contributed by atoms with Gasteiger partial charge >= 0.3 is 12.1 Å². The normalized spacial score (nSPS) is 13.1. The number of carbonyl (C=O) groups excluding carboxylic acids is 2. The maximum atomic E-state index is 12.4. The van der Waals surface area contributed by atoms with Gasteiger partial charge in [0.25, 0.3) is 5.91 Å². The number of anilines is 1. The lowest BCUT2D eigenvalue weighted by molar-refractivity contribution is -0.142. The third-order valence-electron chi connectivity index (χ3n) is 5.93. The van der Waals surface area contributed by atoms with Gasteiger partial charge in [0, 0.05) is 18.5 Å². The van der Waals surface area contributed by atoms with Crippen molar-refractivity contribution in [1.29, 1.82) is 0 Å². The number of nitrogens with zero attached hydrogens (tertiary/aromatic N) is 1. The summed E-state index contributed by atoms with van der Waals surface area (Å²) >= 11 is 0. The van der Waals surface area contributed by atoms with Crippen LogP contribution in [-0.4, -0.2) is 41.4 Å². The molecule has 2 amide bonds. The van der Waals surface area contributed by atoms with E-state index in [0.29, 0.717) is 6.42 Å². The number of ether oxygens (including phenoxy) is 1. The first-order valence-corrected chi connectivity index (χ1v) is 11.4. The average molecular weight is 478 g/mol. The Bertz CT molecular complexity index is 1190. The molecule has 0 saturated carbocycles. The van der Waals surface area contributed by atoms with E-state index in [-0.39, 0.29) is 36.6 Å². The molecule has 9 nitrogen and oxygen atoms in total. The van der Waals surface area contributed by atoms with Crippen LogP contribution in [0.15, 0.2) is 59.1 Å². The molecule has 3 N–H and O–H groups in total. The minimum absolute atomic E-state index is 0.0334. The fourth-order valence-electron chi connectivity index (χ4n) is 4.32. The molecule has 1 aliphatic carbocycles. The number of aromatic nitrogens is 1. The van der Waals surface area contributed by atoms with Gasteiger partial charge in [0.05, 0.1) is 5.92 Å². The highest BCUT2D eigenvalue weighted by atomic mass is 16.6. The topological polar surface area (TPSA) is 131 Å². The smallest absolute Gasteiger partial charge is 0.414 e. The number of nitrogens with one attached hydrogen (secondary N) is 2. The summed E-state index contributed by atoms with van der Waals surface area (Å²) < 4.78 is 10.5. The molecule has 3 aromatic rings. The van der Waals surface area contributed by atoms with Gasteiger partial charge in [0.1, 0.15) is 6.61 Å². The van der Waals surface area contributed by atoms with Crippen molar-refractivity contribution >= 4 is 23.9 Å². The predicted molar refractivity (Wildman–Crippen MR) is 128 cm³/mol. The summed E-state index contributed by atoms with van der Waals surface area (Å²) in [7, 11) is 0. The van der Waals surface area contributed by atoms with Gasteiger partial charge in [0.15, 0.2) is 5.69 Å². The van der Waals surface area contributed by atoms with E-state index in [0.717, 1.165) is 22.3 Å². The van der Waals surface area contributed by atoms with Gasteiger partial charge in [0.2, 0.25) is 5.88 Å². The SMILES string of the molecule is CC(C)CC(CNC(=O)c1cc(NC(=O)OCC2c3ccccc3-c3ccccc32)on1)C(=O)O. The lowest BCUT2D eigenvalue weighted by Gasteiger charge is -2.14. The van der Waals surface area contributed by atoms with Crippen LogP contribution in [0.4, 0.5) is 10.7 Å². The molecule has 0 radical (unpaired) electrons. The molecule has 4 rings (SSSR count). The van der Waals surface area contributed by atoms with Crippen molar-refractivity contribution < 1.29 is 28.8 Å². The number of aliphatic carboxylic acids is 1. The predicted octanol–water partition coefficient (Wildman–Crippen LogP) is 4.51. The lowest BCUT2D eigenvalue weighted by Crippen LogP contribution is -2.33. The van der Waals surface area contributed by atoms with Gasteiger partial charge in [-0.25, -0.2) is 4.79 Å². The van der Waals surface area contributed by atoms with Gasteiger partial charge in [-0.15, -0.1) is 0 Å². The van der Waals surface area contributed by atoms with Crippen LogP contribution in [0.25, 0.3) is 11.1 Å². The first kappa shape index (κ1) is 24.0. The van der Waals surface area contributed by atoms with Crippen molar-refractivity contribution in [2.75, 3.05) is 18.5 Å². The van der Waals surface area contributed by atoms with Gasteiger partial charge in [-0.1, -0.05) is 67.5 Å². The van der Waals surface area contributed by atoms with E-state index in [4.69, 9.17) is 9.26 Å². The first-order chi connectivity index (χ1) is 16.8. The number of benzene rings is 2. The highest BCUT2D eigenvalue weighted by molar-refractivity contribution is 5.94. The largest absolute Gasteiger partial charge is 0.481 e. The molecule has 1 heterocycles. The summed E-state index contributed by atoms with van der Waals surface area (Å²) in [6.07, 6.45) is -0.305. The Kier molecular flexibility index (Phi) is 7.14. The number of carboxylic acids is 1. The van der Waals surface area contributed by atoms with Crippen molar-refractivity contribution in [3.8, 4) is 11.1 Å². The first-order valence-electron chi connectivity index (χ1n) is 11.4. The summed E-state index contributed by atoms with van der Waals surface area (Å²) in [6.45, 7) is 3.93. The molecule has 182 valence electrons. The van der Waals surface area contributed by atoms with E-state index in [9.17, 15) is 19.5 Å². The van der Waals surface area contributed by atoms with Crippen LogP contribution in [-0.2, 0) is 9.53 Å². The molecule has 0 aliphatic heterocycles. The third-order valence-corrected chi connectivity index (χ3v) is 5.93. The van der Waals surface area contributed by atoms with E-state index >= 15 is 0 Å². The van der Waals surface area contributed by atoms with Gasteiger partial charge in [-0.05, 0) is 34.6 Å². The molecule has 0 bridgehead atoms. The van der Waals surface area contributed by atoms with E-state index in [1.165, 1.54) is 6.07 Å². The Balaban J connectivity index is 1.32. The number of carboxylic acid groups (broad SMARTS) is 1. The van der Waals surface area contributed by atoms with Crippen LogP contribution < -0.4 is 10.6 Å². The molecule has 0 spiro atoms. The van der Waals surface area contributed by atoms with Crippen LogP contribution in [0.3, 0.4) is 0 Å². The van der Waals surface area contributed by atoms with Crippen LogP contribution in [0, 0.1) is 11.8 Å². The molecular weight excluding hydrogens is 450 g/mol. The Labute approximate surface area is 202 Å². The number of amides is 2. The van der Waals surface area contributed by atoms with E-state index in [2.05, 4.69) is 27.9 Å². The lowest BCUT2D eigenvalue weighted by atomic mass is 9.97. The number of carbonyl (C=O) groups is 3. The second-order valence-corrected chi connectivity index (χ2v) is 8.90. The van der Waals surface area contributed by atoms with Crippen LogP contribution in [0.5, 0.6) is 0 Å². The van der Waals surface area contributed by atoms with Crippen molar-refractivity contribution in [2.45, 2.75) is 26.2 Å². The van der Waals surface area contributed by atoms with E-state index < -0.39 is 23.9 Å². The number of fused-ring (bicyclic) bond motifs is 3. The molecular formula is C26H27N3O6. The summed E-state index contributed by atoms with van der Waals surface area (Å²) in [5.74, 6) is -2.24. The van der Waals surface area contributed by atoms with Crippen LogP contribution in [0.2, 0.25) is 0 Å².